The van der Waals surface area contributed by atoms with E-state index in [0.717, 1.165) is 0 Å². The number of carboxylic acids is 1. The lowest BCUT2D eigenvalue weighted by atomic mass is 10.3. The quantitative estimate of drug-likeness (QED) is 0.908. The van der Waals surface area contributed by atoms with E-state index in [1.165, 1.54) is 0 Å². The first kappa shape index (κ1) is 10.1. The largest absolute Gasteiger partial charge is 0.482 e. The molecule has 1 aromatic rings. The van der Waals surface area contributed by atoms with E-state index in [-0.39, 0.29) is 13.4 Å². The van der Waals surface area contributed by atoms with E-state index in [1.54, 1.807) is 12.1 Å². The van der Waals surface area contributed by atoms with Crippen molar-refractivity contribution in [2.45, 2.75) is 0 Å². The molecule has 6 heteroatoms. The highest BCUT2D eigenvalue weighted by Crippen LogP contribution is 2.42. The maximum atomic E-state index is 10.3. The topological polar surface area (TPSA) is 65.0 Å². The lowest BCUT2D eigenvalue weighted by Gasteiger charge is -2.05. The maximum Gasteiger partial charge on any atom is 0.341 e. The first-order chi connectivity index (χ1) is 7.16. The number of benzene rings is 1. The van der Waals surface area contributed by atoms with Crippen molar-refractivity contribution in [3.63, 3.8) is 0 Å². The average molecular weight is 275 g/mol. The molecule has 2 rings (SSSR count). The summed E-state index contributed by atoms with van der Waals surface area (Å²) >= 11 is 3.27. The minimum atomic E-state index is -1.02. The van der Waals surface area contributed by atoms with E-state index >= 15 is 0 Å². The normalized spacial score (nSPS) is 12.6. The number of hydrogen-bond donors (Lipinski definition) is 1. The minimum Gasteiger partial charge on any atom is -0.482 e. The smallest absolute Gasteiger partial charge is 0.341 e. The third-order valence-electron chi connectivity index (χ3n) is 1.76. The SMILES string of the molecule is O=C(O)COc1cc(Br)c2c(c1)OCO2. The van der Waals surface area contributed by atoms with Gasteiger partial charge in [0.15, 0.2) is 18.1 Å². The Morgan fingerprint density at radius 3 is 3.07 bits per heavy atom. The van der Waals surface area contributed by atoms with Gasteiger partial charge in [0.1, 0.15) is 5.75 Å². The van der Waals surface area contributed by atoms with Gasteiger partial charge in [0.05, 0.1) is 4.47 Å². The van der Waals surface area contributed by atoms with Crippen LogP contribution in [0, 0.1) is 0 Å². The predicted molar refractivity (Wildman–Crippen MR) is 53.4 cm³/mol. The van der Waals surface area contributed by atoms with Crippen LogP contribution in [0.1, 0.15) is 0 Å². The number of carbonyl (C=O) groups is 1. The Bertz CT molecular complexity index is 404. The van der Waals surface area contributed by atoms with Gasteiger partial charge in [-0.3, -0.25) is 0 Å². The fourth-order valence-corrected chi connectivity index (χ4v) is 1.71. The molecule has 0 spiro atoms. The molecular formula is C9H7BrO5. The molecule has 0 saturated heterocycles. The predicted octanol–water partition coefficient (Wildman–Crippen LogP) is 1.64. The summed E-state index contributed by atoms with van der Waals surface area (Å²) in [6, 6.07) is 3.23. The van der Waals surface area contributed by atoms with Crippen LogP contribution in [-0.2, 0) is 4.79 Å². The molecule has 1 N–H and O–H groups in total. The highest BCUT2D eigenvalue weighted by molar-refractivity contribution is 9.10. The molecule has 1 aliphatic heterocycles. The molecule has 5 nitrogen and oxygen atoms in total. The third-order valence-corrected chi connectivity index (χ3v) is 2.35. The monoisotopic (exact) mass is 274 g/mol. The molecule has 0 atom stereocenters. The van der Waals surface area contributed by atoms with Gasteiger partial charge in [0.25, 0.3) is 0 Å². The molecule has 0 bridgehead atoms. The van der Waals surface area contributed by atoms with Crippen molar-refractivity contribution in [1.82, 2.24) is 0 Å². The van der Waals surface area contributed by atoms with Gasteiger partial charge in [-0.05, 0) is 22.0 Å². The van der Waals surface area contributed by atoms with E-state index < -0.39 is 5.97 Å². The molecule has 15 heavy (non-hydrogen) atoms. The Balaban J connectivity index is 2.20. The number of aliphatic carboxylic acids is 1. The van der Waals surface area contributed by atoms with Gasteiger partial charge in [0, 0.05) is 6.07 Å². The van der Waals surface area contributed by atoms with E-state index in [0.29, 0.717) is 21.7 Å². The highest BCUT2D eigenvalue weighted by Gasteiger charge is 2.18. The van der Waals surface area contributed by atoms with E-state index in [4.69, 9.17) is 19.3 Å². The minimum absolute atomic E-state index is 0.163. The maximum absolute atomic E-state index is 10.3. The van der Waals surface area contributed by atoms with E-state index in [2.05, 4.69) is 15.9 Å². The number of hydrogen-bond acceptors (Lipinski definition) is 4. The highest BCUT2D eigenvalue weighted by atomic mass is 79.9. The molecular weight excluding hydrogens is 268 g/mol. The van der Waals surface area contributed by atoms with Crippen LogP contribution in [-0.4, -0.2) is 24.5 Å². The standard InChI is InChI=1S/C9H7BrO5/c10-6-1-5(13-3-8(11)12)2-7-9(6)15-4-14-7/h1-2H,3-4H2,(H,11,12). The molecule has 1 aromatic carbocycles. The Kier molecular flexibility index (Phi) is 2.68. The zero-order chi connectivity index (χ0) is 10.8. The number of fused-ring (bicyclic) bond motifs is 1. The first-order valence-electron chi connectivity index (χ1n) is 4.10. The molecule has 0 aromatic heterocycles. The zero-order valence-electron chi connectivity index (χ0n) is 7.53. The van der Waals surface area contributed by atoms with Crippen molar-refractivity contribution in [3.8, 4) is 17.2 Å². The number of rotatable bonds is 3. The molecule has 0 amide bonds. The molecule has 80 valence electrons. The van der Waals surface area contributed by atoms with Crippen LogP contribution in [0.3, 0.4) is 0 Å². The van der Waals surface area contributed by atoms with Crippen molar-refractivity contribution >= 4 is 21.9 Å². The van der Waals surface area contributed by atoms with Crippen molar-refractivity contribution < 1.29 is 24.1 Å². The molecule has 1 heterocycles. The second-order valence-electron chi connectivity index (χ2n) is 2.82. The summed E-state index contributed by atoms with van der Waals surface area (Å²) in [5.74, 6) is 0.555. The fourth-order valence-electron chi connectivity index (χ4n) is 1.17. The van der Waals surface area contributed by atoms with Crippen molar-refractivity contribution in [2.75, 3.05) is 13.4 Å². The summed E-state index contributed by atoms with van der Waals surface area (Å²) in [6.07, 6.45) is 0. The van der Waals surface area contributed by atoms with Crippen LogP contribution in [0.4, 0.5) is 0 Å². The van der Waals surface area contributed by atoms with Crippen LogP contribution in [0.5, 0.6) is 17.2 Å². The van der Waals surface area contributed by atoms with Crippen LogP contribution < -0.4 is 14.2 Å². The van der Waals surface area contributed by atoms with Crippen molar-refractivity contribution in [2.24, 2.45) is 0 Å². The second kappa shape index (κ2) is 3.98. The number of carboxylic acid groups (broad SMARTS) is 1. The van der Waals surface area contributed by atoms with Gasteiger partial charge in [-0.2, -0.15) is 0 Å². The van der Waals surface area contributed by atoms with E-state index in [9.17, 15) is 4.79 Å². The zero-order valence-corrected chi connectivity index (χ0v) is 9.11. The van der Waals surface area contributed by atoms with Gasteiger partial charge in [0.2, 0.25) is 6.79 Å². The van der Waals surface area contributed by atoms with Gasteiger partial charge in [-0.25, -0.2) is 4.79 Å². The van der Waals surface area contributed by atoms with Crippen molar-refractivity contribution in [1.29, 1.82) is 0 Å². The van der Waals surface area contributed by atoms with Crippen LogP contribution in [0.15, 0.2) is 16.6 Å². The lowest BCUT2D eigenvalue weighted by molar-refractivity contribution is -0.139. The van der Waals surface area contributed by atoms with Crippen molar-refractivity contribution in [3.05, 3.63) is 16.6 Å². The molecule has 1 aliphatic rings. The average Bonchev–Trinajstić information content (AvgIpc) is 2.63. The first-order valence-corrected chi connectivity index (χ1v) is 4.90. The van der Waals surface area contributed by atoms with Gasteiger partial charge in [-0.1, -0.05) is 0 Å². The Morgan fingerprint density at radius 2 is 2.33 bits per heavy atom. The van der Waals surface area contributed by atoms with Crippen LogP contribution >= 0.6 is 15.9 Å². The Hall–Kier alpha value is -1.43. The summed E-state index contributed by atoms with van der Waals surface area (Å²) in [5.41, 5.74) is 0. The summed E-state index contributed by atoms with van der Waals surface area (Å²) in [5, 5.41) is 8.44. The molecule has 0 radical (unpaired) electrons. The summed E-state index contributed by atoms with van der Waals surface area (Å²) in [7, 11) is 0. The summed E-state index contributed by atoms with van der Waals surface area (Å²) < 4.78 is 16.0. The second-order valence-corrected chi connectivity index (χ2v) is 3.68. The van der Waals surface area contributed by atoms with Gasteiger partial charge >= 0.3 is 5.97 Å². The number of ether oxygens (including phenoxy) is 3. The fraction of sp³-hybridized carbons (Fsp3) is 0.222. The van der Waals surface area contributed by atoms with Crippen LogP contribution in [0.2, 0.25) is 0 Å². The molecule has 0 saturated carbocycles. The molecule has 0 aliphatic carbocycles. The number of halogens is 1. The summed E-state index contributed by atoms with van der Waals surface area (Å²) in [6.45, 7) is -0.220. The third kappa shape index (κ3) is 2.15. The van der Waals surface area contributed by atoms with Crippen LogP contribution in [0.25, 0.3) is 0 Å². The lowest BCUT2D eigenvalue weighted by Crippen LogP contribution is -2.09. The Labute approximate surface area is 93.7 Å². The summed E-state index contributed by atoms with van der Waals surface area (Å²) in [4.78, 5) is 10.3. The van der Waals surface area contributed by atoms with Gasteiger partial charge < -0.3 is 19.3 Å². The van der Waals surface area contributed by atoms with Gasteiger partial charge in [-0.15, -0.1) is 0 Å². The van der Waals surface area contributed by atoms with E-state index in [1.807, 2.05) is 0 Å². The molecule has 0 fully saturated rings. The molecule has 0 unspecified atom stereocenters. The Morgan fingerprint density at radius 1 is 1.53 bits per heavy atom.